The van der Waals surface area contributed by atoms with Crippen LogP contribution in [0.25, 0.3) is 66.8 Å². The summed E-state index contributed by atoms with van der Waals surface area (Å²) in [4.78, 5) is 2.62. The van der Waals surface area contributed by atoms with Crippen LogP contribution in [-0.2, 0) is 27.1 Å². The van der Waals surface area contributed by atoms with Crippen LogP contribution in [0.15, 0.2) is 212 Å². The molecule has 0 N–H and O–H groups in total. The zero-order chi connectivity index (χ0) is 53.1. The van der Waals surface area contributed by atoms with Gasteiger partial charge < -0.3 is 4.90 Å². The summed E-state index contributed by atoms with van der Waals surface area (Å²) in [5, 5.41) is 0. The molecule has 1 fully saturated rings. The molecular formula is C77H67N. The molecule has 10 aromatic rings. The second kappa shape index (κ2) is 16.5. The molecule has 0 bridgehead atoms. The monoisotopic (exact) mass is 1010 g/mol. The molecule has 0 heterocycles. The molecule has 1 saturated carbocycles. The molecule has 380 valence electrons. The minimum Gasteiger partial charge on any atom is -0.310 e. The molecule has 0 amide bonds. The van der Waals surface area contributed by atoms with Crippen LogP contribution in [0.3, 0.4) is 0 Å². The molecule has 1 nitrogen and oxygen atoms in total. The minimum atomic E-state index is -0.518. The van der Waals surface area contributed by atoms with Crippen LogP contribution in [-0.4, -0.2) is 0 Å². The van der Waals surface area contributed by atoms with Crippen molar-refractivity contribution < 1.29 is 0 Å². The third kappa shape index (κ3) is 6.42. The molecule has 0 unspecified atom stereocenters. The van der Waals surface area contributed by atoms with Gasteiger partial charge in [0.05, 0.1) is 11.1 Å². The summed E-state index contributed by atoms with van der Waals surface area (Å²) in [5.74, 6) is 0. The Labute approximate surface area is 462 Å². The Kier molecular flexibility index (Phi) is 10.00. The lowest BCUT2D eigenvalue weighted by atomic mass is 9.69. The van der Waals surface area contributed by atoms with Gasteiger partial charge in [0, 0.05) is 27.8 Å². The van der Waals surface area contributed by atoms with E-state index in [1.807, 2.05) is 0 Å². The van der Waals surface area contributed by atoms with E-state index in [0.29, 0.717) is 0 Å². The van der Waals surface area contributed by atoms with Crippen LogP contribution in [0.5, 0.6) is 0 Å². The number of rotatable bonds is 5. The molecule has 0 aliphatic heterocycles. The van der Waals surface area contributed by atoms with Crippen molar-refractivity contribution in [2.24, 2.45) is 0 Å². The first-order valence-corrected chi connectivity index (χ1v) is 28.7. The van der Waals surface area contributed by atoms with E-state index in [9.17, 15) is 0 Å². The molecular weight excluding hydrogens is 939 g/mol. The first kappa shape index (κ1) is 47.2. The summed E-state index contributed by atoms with van der Waals surface area (Å²) in [5.41, 5.74) is 32.7. The molecule has 0 saturated heterocycles. The summed E-state index contributed by atoms with van der Waals surface area (Å²) in [6, 6.07) is 82.7. The Balaban J connectivity index is 0.957. The summed E-state index contributed by atoms with van der Waals surface area (Å²) >= 11 is 0. The van der Waals surface area contributed by atoms with Gasteiger partial charge in [-0.25, -0.2) is 0 Å². The van der Waals surface area contributed by atoms with Gasteiger partial charge in [0.25, 0.3) is 0 Å². The van der Waals surface area contributed by atoms with E-state index in [1.54, 1.807) is 0 Å². The average Bonchev–Trinajstić information content (AvgIpc) is 3.53. The van der Waals surface area contributed by atoms with Gasteiger partial charge in [-0.3, -0.25) is 0 Å². The molecule has 15 rings (SSSR count). The van der Waals surface area contributed by atoms with E-state index in [0.717, 1.165) is 5.69 Å². The van der Waals surface area contributed by atoms with Crippen LogP contribution in [0.2, 0.25) is 0 Å². The number of hydrogen-bond donors (Lipinski definition) is 0. The smallest absolute Gasteiger partial charge is 0.0726 e. The lowest BCUT2D eigenvalue weighted by molar-refractivity contribution is 0.550. The summed E-state index contributed by atoms with van der Waals surface area (Å²) in [6.07, 6.45) is 4.88. The molecule has 2 spiro atoms. The zero-order valence-corrected chi connectivity index (χ0v) is 46.5. The van der Waals surface area contributed by atoms with Gasteiger partial charge in [-0.05, 0) is 171 Å². The highest BCUT2D eigenvalue weighted by atomic mass is 15.1. The summed E-state index contributed by atoms with van der Waals surface area (Å²) < 4.78 is 0. The number of fused-ring (bicyclic) bond motifs is 18. The van der Waals surface area contributed by atoms with Crippen LogP contribution in [0.1, 0.15) is 137 Å². The number of benzene rings is 10. The lowest BCUT2D eigenvalue weighted by Gasteiger charge is -2.34. The highest BCUT2D eigenvalue weighted by Crippen LogP contribution is 2.66. The predicted octanol–water partition coefficient (Wildman–Crippen LogP) is 20.6. The van der Waals surface area contributed by atoms with Crippen molar-refractivity contribution in [3.05, 3.63) is 268 Å². The highest BCUT2D eigenvalue weighted by molar-refractivity contribution is 6.02. The summed E-state index contributed by atoms with van der Waals surface area (Å²) in [6.45, 7) is 18.9. The van der Waals surface area contributed by atoms with Crippen molar-refractivity contribution in [1.29, 1.82) is 0 Å². The fourth-order valence-electron chi connectivity index (χ4n) is 15.7. The molecule has 5 aliphatic carbocycles. The third-order valence-corrected chi connectivity index (χ3v) is 19.4. The van der Waals surface area contributed by atoms with E-state index in [4.69, 9.17) is 0 Å². The van der Waals surface area contributed by atoms with E-state index < -0.39 is 5.41 Å². The van der Waals surface area contributed by atoms with E-state index in [1.165, 1.54) is 159 Å². The van der Waals surface area contributed by atoms with Gasteiger partial charge in [-0.15, -0.1) is 0 Å². The highest BCUT2D eigenvalue weighted by Gasteiger charge is 2.53. The molecule has 0 aromatic heterocycles. The van der Waals surface area contributed by atoms with Crippen molar-refractivity contribution in [2.75, 3.05) is 4.90 Å². The van der Waals surface area contributed by atoms with Gasteiger partial charge in [0.1, 0.15) is 0 Å². The second-order valence-corrected chi connectivity index (χ2v) is 25.9. The lowest BCUT2D eigenvalue weighted by Crippen LogP contribution is -2.27. The first-order valence-electron chi connectivity index (χ1n) is 28.7. The van der Waals surface area contributed by atoms with Gasteiger partial charge in [0.15, 0.2) is 0 Å². The average molecular weight is 1010 g/mol. The predicted molar refractivity (Wildman–Crippen MR) is 328 cm³/mol. The normalized spacial score (nSPS) is 16.1. The van der Waals surface area contributed by atoms with Gasteiger partial charge in [0.2, 0.25) is 0 Å². The number of anilines is 3. The van der Waals surface area contributed by atoms with E-state index >= 15 is 0 Å². The maximum atomic E-state index is 2.62. The molecule has 1 heteroatoms. The Morgan fingerprint density at radius 2 is 0.808 bits per heavy atom. The fraction of sp³-hybridized carbons (Fsp3) is 0.221. The van der Waals surface area contributed by atoms with Gasteiger partial charge in [-0.2, -0.15) is 0 Å². The molecule has 10 aromatic carbocycles. The SMILES string of the molecule is CC(C)(C)c1ccc2c(c1)C1(c3cc(C(C)(C)C)ccc3-2)c2ccccc2-c2c(N(c3ccc(-c4ccccc4-c4cccc5c4C(C)(C)c4ccccc4-5)cc3)c3ccc4c(c3)C3(CCCC3)c3ccccc3-4)cccc21. The van der Waals surface area contributed by atoms with Crippen molar-refractivity contribution in [3.63, 3.8) is 0 Å². The van der Waals surface area contributed by atoms with Crippen LogP contribution in [0, 0.1) is 0 Å². The Bertz CT molecular complexity index is 4080. The van der Waals surface area contributed by atoms with E-state index in [2.05, 4.69) is 273 Å². The zero-order valence-electron chi connectivity index (χ0n) is 46.5. The maximum Gasteiger partial charge on any atom is 0.0726 e. The first-order chi connectivity index (χ1) is 37.7. The number of hydrogen-bond acceptors (Lipinski definition) is 1. The van der Waals surface area contributed by atoms with Crippen molar-refractivity contribution in [3.8, 4) is 66.8 Å². The fourth-order valence-corrected chi connectivity index (χ4v) is 15.7. The largest absolute Gasteiger partial charge is 0.310 e. The molecule has 0 atom stereocenters. The van der Waals surface area contributed by atoms with E-state index in [-0.39, 0.29) is 21.7 Å². The molecule has 0 radical (unpaired) electrons. The van der Waals surface area contributed by atoms with Gasteiger partial charge >= 0.3 is 0 Å². The minimum absolute atomic E-state index is 0.0246. The van der Waals surface area contributed by atoms with Crippen molar-refractivity contribution in [2.45, 2.75) is 108 Å². The van der Waals surface area contributed by atoms with Crippen LogP contribution in [0.4, 0.5) is 17.1 Å². The maximum absolute atomic E-state index is 2.62. The van der Waals surface area contributed by atoms with Crippen LogP contribution >= 0.6 is 0 Å². The quantitative estimate of drug-likeness (QED) is 0.166. The van der Waals surface area contributed by atoms with Gasteiger partial charge in [-0.1, -0.05) is 250 Å². The van der Waals surface area contributed by atoms with Crippen LogP contribution < -0.4 is 4.90 Å². The Morgan fingerprint density at radius 3 is 1.45 bits per heavy atom. The Morgan fingerprint density at radius 1 is 0.346 bits per heavy atom. The van der Waals surface area contributed by atoms with Crippen molar-refractivity contribution in [1.82, 2.24) is 0 Å². The second-order valence-electron chi connectivity index (χ2n) is 25.9. The summed E-state index contributed by atoms with van der Waals surface area (Å²) in [7, 11) is 0. The third-order valence-electron chi connectivity index (χ3n) is 19.4. The van der Waals surface area contributed by atoms with Crippen molar-refractivity contribution >= 4 is 17.1 Å². The standard InChI is InChI=1S/C77H67N/c1-73(2,3)49-35-40-58-59-41-36-50(74(4,5)6)46-69(59)77(68(58)45-49)65-30-16-13-25-62(65)71-66(77)31-20-32-70(71)78(52-39-42-57-55-23-12-15-29-64(55)76(67(57)47-52)43-17-18-44-76)51-37-33-48(34-38-51)53-21-9-10-22-54(53)60-26-19-27-61-56-24-11-14-28-63(56)75(7,8)72(60)61/h9-16,19-42,45-47H,17-18,43-44H2,1-8H3. The topological polar surface area (TPSA) is 3.24 Å². The molecule has 78 heavy (non-hydrogen) atoms. The number of nitrogens with zero attached hydrogens (tertiary/aromatic N) is 1. The Hall–Kier alpha value is -8.00. The molecule has 5 aliphatic rings.